The van der Waals surface area contributed by atoms with Gasteiger partial charge in [0.25, 0.3) is 0 Å². The molecule has 1 heterocycles. The van der Waals surface area contributed by atoms with E-state index in [4.69, 9.17) is 15.2 Å². The quantitative estimate of drug-likeness (QED) is 0.567. The van der Waals surface area contributed by atoms with Crippen molar-refractivity contribution in [2.24, 2.45) is 5.73 Å². The van der Waals surface area contributed by atoms with Gasteiger partial charge in [0.15, 0.2) is 5.78 Å². The molecule has 0 aliphatic heterocycles. The Labute approximate surface area is 185 Å². The highest BCUT2D eigenvalue weighted by atomic mass is 19.4. The van der Waals surface area contributed by atoms with Crippen molar-refractivity contribution in [1.29, 1.82) is 0 Å². The molecule has 170 valence electrons. The summed E-state index contributed by atoms with van der Waals surface area (Å²) in [5.41, 5.74) is 5.47. The summed E-state index contributed by atoms with van der Waals surface area (Å²) in [6.45, 7) is 0. The molecule has 0 fully saturated rings. The molecule has 3 N–H and O–H groups in total. The van der Waals surface area contributed by atoms with Gasteiger partial charge in [0, 0.05) is 18.2 Å². The largest absolute Gasteiger partial charge is 0.495 e. The first-order valence-electron chi connectivity index (χ1n) is 9.69. The Bertz CT molecular complexity index is 1260. The van der Waals surface area contributed by atoms with Crippen molar-refractivity contribution in [1.82, 2.24) is 9.97 Å². The van der Waals surface area contributed by atoms with Crippen LogP contribution >= 0.6 is 0 Å². The van der Waals surface area contributed by atoms with Gasteiger partial charge in [-0.15, -0.1) is 0 Å². The molecule has 33 heavy (non-hydrogen) atoms. The number of carbonyl (C=O) groups excluding carboxylic acids is 2. The summed E-state index contributed by atoms with van der Waals surface area (Å²) in [7, 11) is 1.35. The van der Waals surface area contributed by atoms with Crippen LogP contribution in [0.3, 0.4) is 0 Å². The van der Waals surface area contributed by atoms with Crippen LogP contribution in [0.25, 0.3) is 0 Å². The first-order chi connectivity index (χ1) is 15.7. The molecule has 2 aromatic carbocycles. The van der Waals surface area contributed by atoms with Crippen molar-refractivity contribution < 1.29 is 32.2 Å². The fourth-order valence-electron chi connectivity index (χ4n) is 3.43. The first-order valence-corrected chi connectivity index (χ1v) is 9.69. The average Bonchev–Trinajstić information content (AvgIpc) is 3.15. The number of ether oxygens (including phenoxy) is 2. The first kappa shape index (κ1) is 22.1. The number of hydrogen-bond acceptors (Lipinski definition) is 7. The van der Waals surface area contributed by atoms with Crippen LogP contribution < -0.4 is 20.5 Å². The molecule has 0 saturated carbocycles. The molecule has 0 atom stereocenters. The number of hydrogen-bond donors (Lipinski definition) is 2. The lowest BCUT2D eigenvalue weighted by atomic mass is 10.1. The van der Waals surface area contributed by atoms with Crippen LogP contribution in [0, 0.1) is 0 Å². The molecule has 3 aromatic rings. The number of ketones is 1. The number of alkyl halides is 3. The molecule has 0 saturated heterocycles. The minimum atomic E-state index is -4.79. The number of nitrogens with one attached hydrogen (secondary N) is 1. The van der Waals surface area contributed by atoms with Crippen molar-refractivity contribution in [3.63, 3.8) is 0 Å². The Hall–Kier alpha value is -4.15. The van der Waals surface area contributed by atoms with Crippen LogP contribution in [0.2, 0.25) is 0 Å². The maximum absolute atomic E-state index is 13.6. The molecule has 1 aliphatic carbocycles. The number of halogens is 3. The Kier molecular flexibility index (Phi) is 5.62. The van der Waals surface area contributed by atoms with Crippen LogP contribution in [-0.2, 0) is 12.6 Å². The Morgan fingerprint density at radius 2 is 1.94 bits per heavy atom. The average molecular weight is 458 g/mol. The van der Waals surface area contributed by atoms with Crippen LogP contribution in [0.4, 0.5) is 24.8 Å². The highest BCUT2D eigenvalue weighted by Crippen LogP contribution is 2.40. The summed E-state index contributed by atoms with van der Waals surface area (Å²) < 4.78 is 51.5. The predicted octanol–water partition coefficient (Wildman–Crippen LogP) is 4.27. The second-order valence-corrected chi connectivity index (χ2v) is 7.13. The van der Waals surface area contributed by atoms with Gasteiger partial charge in [0.05, 0.1) is 18.4 Å². The summed E-state index contributed by atoms with van der Waals surface area (Å²) in [4.78, 5) is 31.2. The number of aromatic nitrogens is 2. The maximum Gasteiger partial charge on any atom is 0.423 e. The zero-order valence-electron chi connectivity index (χ0n) is 17.2. The fourth-order valence-corrected chi connectivity index (χ4v) is 3.43. The maximum atomic E-state index is 13.6. The number of rotatable bonds is 6. The predicted molar refractivity (Wildman–Crippen MR) is 111 cm³/mol. The van der Waals surface area contributed by atoms with Gasteiger partial charge in [-0.2, -0.15) is 18.2 Å². The van der Waals surface area contributed by atoms with E-state index in [2.05, 4.69) is 15.3 Å². The van der Waals surface area contributed by atoms with E-state index in [9.17, 15) is 22.8 Å². The highest BCUT2D eigenvalue weighted by molar-refractivity contribution is 6.03. The van der Waals surface area contributed by atoms with Crippen LogP contribution in [0.15, 0.2) is 42.6 Å². The van der Waals surface area contributed by atoms with E-state index >= 15 is 0 Å². The zero-order chi connectivity index (χ0) is 23.8. The topological polar surface area (TPSA) is 116 Å². The molecule has 0 spiro atoms. The Balaban J connectivity index is 1.72. The number of amides is 1. The molecule has 1 aliphatic rings. The van der Waals surface area contributed by atoms with Gasteiger partial charge in [-0.25, -0.2) is 4.98 Å². The lowest BCUT2D eigenvalue weighted by Gasteiger charge is -2.16. The third kappa shape index (κ3) is 4.43. The van der Waals surface area contributed by atoms with Gasteiger partial charge in [0.1, 0.15) is 17.1 Å². The molecule has 4 rings (SSSR count). The number of nitrogens with zero attached hydrogens (tertiary/aromatic N) is 2. The highest BCUT2D eigenvalue weighted by Gasteiger charge is 2.37. The standard InChI is InChI=1S/C22H17F3N4O4/c1-32-17-9-12(19(26)31)5-7-14(17)28-21-27-10-13(22(23,24)25)20(29-21)33-16-4-2-3-11-6-8-15(30)18(11)16/h2-5,7,9-10H,6,8H2,1H3,(H2,26,31)(H,27,28,29). The van der Waals surface area contributed by atoms with Gasteiger partial charge < -0.3 is 20.5 Å². The van der Waals surface area contributed by atoms with Crippen LogP contribution in [0.1, 0.15) is 38.3 Å². The number of anilines is 2. The minimum absolute atomic E-state index is 0.00598. The number of carbonyl (C=O) groups is 2. The van der Waals surface area contributed by atoms with E-state index in [1.165, 1.54) is 31.4 Å². The van der Waals surface area contributed by atoms with E-state index in [-0.39, 0.29) is 46.5 Å². The van der Waals surface area contributed by atoms with Gasteiger partial charge in [-0.3, -0.25) is 9.59 Å². The number of nitrogens with two attached hydrogens (primary N) is 1. The molecule has 0 bridgehead atoms. The van der Waals surface area contributed by atoms with Crippen molar-refractivity contribution in [3.8, 4) is 17.4 Å². The molecular weight excluding hydrogens is 441 g/mol. The van der Waals surface area contributed by atoms with E-state index in [0.29, 0.717) is 18.2 Å². The summed E-state index contributed by atoms with van der Waals surface area (Å²) >= 11 is 0. The second kappa shape index (κ2) is 8.41. The molecule has 8 nitrogen and oxygen atoms in total. The number of primary amides is 1. The summed E-state index contributed by atoms with van der Waals surface area (Å²) in [5.74, 6) is -1.67. The number of methoxy groups -OCH3 is 1. The van der Waals surface area contributed by atoms with Crippen molar-refractivity contribution in [2.45, 2.75) is 19.0 Å². The van der Waals surface area contributed by atoms with Crippen molar-refractivity contribution in [3.05, 3.63) is 64.8 Å². The van der Waals surface area contributed by atoms with E-state index in [1.54, 1.807) is 12.1 Å². The van der Waals surface area contributed by atoms with Gasteiger partial charge in [-0.05, 0) is 36.2 Å². The molecule has 0 unspecified atom stereocenters. The Morgan fingerprint density at radius 3 is 2.64 bits per heavy atom. The number of aryl methyl sites for hydroxylation is 1. The fraction of sp³-hybridized carbons (Fsp3) is 0.182. The molecule has 1 amide bonds. The molecule has 0 radical (unpaired) electrons. The zero-order valence-corrected chi connectivity index (χ0v) is 17.2. The summed E-state index contributed by atoms with van der Waals surface area (Å²) in [6, 6.07) is 8.98. The van der Waals surface area contributed by atoms with Crippen molar-refractivity contribution in [2.75, 3.05) is 12.4 Å². The third-order valence-corrected chi connectivity index (χ3v) is 5.01. The van der Waals surface area contributed by atoms with Crippen molar-refractivity contribution >= 4 is 23.3 Å². The normalized spacial score (nSPS) is 12.9. The van der Waals surface area contributed by atoms with E-state index in [0.717, 1.165) is 0 Å². The monoisotopic (exact) mass is 458 g/mol. The van der Waals surface area contributed by atoms with Gasteiger partial charge in [0.2, 0.25) is 17.7 Å². The SMILES string of the molecule is COc1cc(C(N)=O)ccc1Nc1ncc(C(F)(F)F)c(Oc2cccc3c2C(=O)CC3)n1. The number of benzene rings is 2. The van der Waals surface area contributed by atoms with Crippen LogP contribution in [-0.4, -0.2) is 28.8 Å². The molecule has 1 aromatic heterocycles. The number of Topliss-reactive ketones (excluding diaryl/α,β-unsaturated/α-hetero) is 1. The lowest BCUT2D eigenvalue weighted by Crippen LogP contribution is -2.12. The third-order valence-electron chi connectivity index (χ3n) is 5.01. The smallest absolute Gasteiger partial charge is 0.423 e. The lowest BCUT2D eigenvalue weighted by molar-refractivity contribution is -0.139. The summed E-state index contributed by atoms with van der Waals surface area (Å²) in [6.07, 6.45) is -3.45. The molecule has 11 heteroatoms. The molecular formula is C22H17F3N4O4. The Morgan fingerprint density at radius 1 is 1.15 bits per heavy atom. The van der Waals surface area contributed by atoms with E-state index in [1.807, 2.05) is 0 Å². The second-order valence-electron chi connectivity index (χ2n) is 7.13. The number of fused-ring (bicyclic) bond motifs is 1. The van der Waals surface area contributed by atoms with E-state index < -0.39 is 23.5 Å². The summed E-state index contributed by atoms with van der Waals surface area (Å²) in [5, 5.41) is 2.74. The van der Waals surface area contributed by atoms with Gasteiger partial charge in [-0.1, -0.05) is 12.1 Å². The van der Waals surface area contributed by atoms with Gasteiger partial charge >= 0.3 is 6.18 Å². The minimum Gasteiger partial charge on any atom is -0.495 e. The van der Waals surface area contributed by atoms with Crippen LogP contribution in [0.5, 0.6) is 17.4 Å².